The normalized spacial score (nSPS) is 18.3. The van der Waals surface area contributed by atoms with Crippen molar-refractivity contribution < 1.29 is 19.1 Å². The van der Waals surface area contributed by atoms with Gasteiger partial charge in [-0.15, -0.1) is 11.3 Å². The number of Topliss-reactive ketones (excluding diaryl/α,β-unsaturated/α-hetero) is 1. The molecule has 1 saturated heterocycles. The van der Waals surface area contributed by atoms with E-state index in [-0.39, 0.29) is 16.9 Å². The van der Waals surface area contributed by atoms with Crippen molar-refractivity contribution in [1.82, 2.24) is 4.98 Å². The molecule has 8 heteroatoms. The Morgan fingerprint density at radius 2 is 1.73 bits per heavy atom. The minimum absolute atomic E-state index is 0.0561. The molecule has 0 aliphatic carbocycles. The van der Waals surface area contributed by atoms with E-state index in [2.05, 4.69) is 20.9 Å². The molecule has 1 aliphatic heterocycles. The summed E-state index contributed by atoms with van der Waals surface area (Å²) in [5.74, 6) is -2.39. The molecule has 0 radical (unpaired) electrons. The molecule has 3 aromatic rings. The predicted molar refractivity (Wildman–Crippen MR) is 117 cm³/mol. The minimum Gasteiger partial charge on any atom is -0.507 e. The highest BCUT2D eigenvalue weighted by Gasteiger charge is 2.48. The third-order valence-electron chi connectivity index (χ3n) is 4.97. The van der Waals surface area contributed by atoms with Gasteiger partial charge >= 0.3 is 5.91 Å². The van der Waals surface area contributed by atoms with Crippen molar-refractivity contribution in [3.63, 3.8) is 0 Å². The fourth-order valence-electron chi connectivity index (χ4n) is 3.31. The maximum atomic E-state index is 13.3. The van der Waals surface area contributed by atoms with Crippen molar-refractivity contribution in [2.75, 3.05) is 4.90 Å². The molecule has 1 aliphatic rings. The SMILES string of the molecule is Cc1nc(N2C(=O)C(=O)C(=C(O)c3ccc(F)cc3)C2c2ccc(Br)cc2)sc1C. The van der Waals surface area contributed by atoms with Gasteiger partial charge in [0.05, 0.1) is 17.3 Å². The summed E-state index contributed by atoms with van der Waals surface area (Å²) >= 11 is 4.69. The van der Waals surface area contributed by atoms with Crippen molar-refractivity contribution in [3.05, 3.63) is 86.1 Å². The van der Waals surface area contributed by atoms with Crippen LogP contribution in [0, 0.1) is 19.7 Å². The second-order valence-corrected chi connectivity index (χ2v) is 8.96. The van der Waals surface area contributed by atoms with Crippen LogP contribution in [-0.4, -0.2) is 21.8 Å². The van der Waals surface area contributed by atoms with Gasteiger partial charge in [-0.3, -0.25) is 14.5 Å². The lowest BCUT2D eigenvalue weighted by Gasteiger charge is -2.23. The maximum Gasteiger partial charge on any atom is 0.301 e. The molecule has 2 heterocycles. The Bertz CT molecular complexity index is 1170. The molecule has 1 amide bonds. The number of aliphatic hydroxyl groups is 1. The Kier molecular flexibility index (Phi) is 5.29. The van der Waals surface area contributed by atoms with Crippen LogP contribution in [0.1, 0.15) is 27.7 Å². The average Bonchev–Trinajstić information content (AvgIpc) is 3.18. The Morgan fingerprint density at radius 3 is 2.30 bits per heavy atom. The standard InChI is InChI=1S/C22H16BrFN2O3S/c1-11-12(2)30-22(25-11)26-18(13-3-7-15(23)8-4-13)17(20(28)21(26)29)19(27)14-5-9-16(24)10-6-14/h3-10,18,27H,1-2H3. The van der Waals surface area contributed by atoms with E-state index in [0.717, 1.165) is 15.0 Å². The number of carbonyl (C=O) groups excluding carboxylic acids is 2. The van der Waals surface area contributed by atoms with Gasteiger partial charge in [0.1, 0.15) is 11.6 Å². The molecular weight excluding hydrogens is 471 g/mol. The summed E-state index contributed by atoms with van der Waals surface area (Å²) in [4.78, 5) is 32.7. The van der Waals surface area contributed by atoms with Crippen molar-refractivity contribution in [1.29, 1.82) is 0 Å². The molecule has 1 unspecified atom stereocenters. The number of benzene rings is 2. The molecule has 0 spiro atoms. The van der Waals surface area contributed by atoms with Crippen molar-refractivity contribution in [2.24, 2.45) is 0 Å². The summed E-state index contributed by atoms with van der Waals surface area (Å²) < 4.78 is 14.2. The molecule has 30 heavy (non-hydrogen) atoms. The zero-order valence-electron chi connectivity index (χ0n) is 16.0. The van der Waals surface area contributed by atoms with Crippen molar-refractivity contribution >= 4 is 49.8 Å². The third kappa shape index (κ3) is 3.46. The lowest BCUT2D eigenvalue weighted by atomic mass is 9.95. The third-order valence-corrected chi connectivity index (χ3v) is 6.57. The number of hydrogen-bond donors (Lipinski definition) is 1. The maximum absolute atomic E-state index is 13.3. The lowest BCUT2D eigenvalue weighted by molar-refractivity contribution is -0.132. The van der Waals surface area contributed by atoms with E-state index < -0.39 is 23.5 Å². The van der Waals surface area contributed by atoms with E-state index in [1.807, 2.05) is 13.8 Å². The fraction of sp³-hybridized carbons (Fsp3) is 0.136. The van der Waals surface area contributed by atoms with Gasteiger partial charge in [0.15, 0.2) is 5.13 Å². The summed E-state index contributed by atoms with van der Waals surface area (Å²) in [5.41, 5.74) is 1.61. The number of thiazole rings is 1. The van der Waals surface area contributed by atoms with Crippen LogP contribution in [-0.2, 0) is 9.59 Å². The summed E-state index contributed by atoms with van der Waals surface area (Å²) in [5, 5.41) is 11.3. The first-order valence-corrected chi connectivity index (χ1v) is 10.7. The van der Waals surface area contributed by atoms with Crippen LogP contribution < -0.4 is 4.90 Å². The zero-order chi connectivity index (χ0) is 21.6. The highest BCUT2D eigenvalue weighted by Crippen LogP contribution is 2.43. The highest BCUT2D eigenvalue weighted by atomic mass is 79.9. The Hall–Kier alpha value is -2.84. The first-order chi connectivity index (χ1) is 14.3. The van der Waals surface area contributed by atoms with Gasteiger partial charge < -0.3 is 5.11 Å². The van der Waals surface area contributed by atoms with Gasteiger partial charge in [0, 0.05) is 14.9 Å². The molecule has 1 aromatic heterocycles. The number of nitrogens with zero attached hydrogens (tertiary/aromatic N) is 2. The van der Waals surface area contributed by atoms with Crippen molar-refractivity contribution in [2.45, 2.75) is 19.9 Å². The first kappa shape index (κ1) is 20.4. The van der Waals surface area contributed by atoms with Gasteiger partial charge in [0.25, 0.3) is 5.78 Å². The average molecular weight is 487 g/mol. The fourth-order valence-corrected chi connectivity index (χ4v) is 4.51. The van der Waals surface area contributed by atoms with E-state index in [0.29, 0.717) is 10.7 Å². The molecule has 0 saturated carbocycles. The highest BCUT2D eigenvalue weighted by molar-refractivity contribution is 9.10. The second-order valence-electron chi connectivity index (χ2n) is 6.87. The molecule has 1 atom stereocenters. The van der Waals surface area contributed by atoms with Gasteiger partial charge in [-0.25, -0.2) is 9.37 Å². The summed E-state index contributed by atoms with van der Waals surface area (Å²) in [6.07, 6.45) is 0. The molecule has 1 N–H and O–H groups in total. The number of rotatable bonds is 3. The molecule has 0 bridgehead atoms. The number of hydrogen-bond acceptors (Lipinski definition) is 5. The molecule has 2 aromatic carbocycles. The number of aliphatic hydroxyl groups excluding tert-OH is 1. The number of amides is 1. The number of carbonyl (C=O) groups is 2. The number of aromatic nitrogens is 1. The van der Waals surface area contributed by atoms with Crippen molar-refractivity contribution in [3.8, 4) is 0 Å². The van der Waals surface area contributed by atoms with Crippen LogP contribution in [0.4, 0.5) is 9.52 Å². The van der Waals surface area contributed by atoms with Crippen LogP contribution in [0.2, 0.25) is 0 Å². The Labute approximate surface area is 184 Å². The molecular formula is C22H16BrFN2O3S. The van der Waals surface area contributed by atoms with Crippen LogP contribution >= 0.6 is 27.3 Å². The molecule has 5 nitrogen and oxygen atoms in total. The number of anilines is 1. The van der Waals surface area contributed by atoms with Gasteiger partial charge in [-0.2, -0.15) is 0 Å². The summed E-state index contributed by atoms with van der Waals surface area (Å²) in [6, 6.07) is 11.4. The smallest absolute Gasteiger partial charge is 0.301 e. The van der Waals surface area contributed by atoms with Crippen LogP contribution in [0.15, 0.2) is 58.6 Å². The van der Waals surface area contributed by atoms with E-state index in [4.69, 9.17) is 0 Å². The molecule has 1 fully saturated rings. The van der Waals surface area contributed by atoms with Gasteiger partial charge in [-0.05, 0) is 55.8 Å². The Morgan fingerprint density at radius 1 is 1.10 bits per heavy atom. The lowest BCUT2D eigenvalue weighted by Crippen LogP contribution is -2.29. The van der Waals surface area contributed by atoms with Crippen LogP contribution in [0.3, 0.4) is 0 Å². The molecule has 152 valence electrons. The largest absolute Gasteiger partial charge is 0.507 e. The summed E-state index contributed by atoms with van der Waals surface area (Å²) in [6.45, 7) is 3.72. The van der Waals surface area contributed by atoms with Crippen LogP contribution in [0.5, 0.6) is 0 Å². The monoisotopic (exact) mass is 486 g/mol. The second kappa shape index (κ2) is 7.77. The van der Waals surface area contributed by atoms with Crippen LogP contribution in [0.25, 0.3) is 5.76 Å². The predicted octanol–water partition coefficient (Wildman–Crippen LogP) is 5.29. The molecule has 4 rings (SSSR count). The van der Waals surface area contributed by atoms with E-state index in [1.165, 1.54) is 40.5 Å². The van der Waals surface area contributed by atoms with Gasteiger partial charge in [0.2, 0.25) is 0 Å². The summed E-state index contributed by atoms with van der Waals surface area (Å²) in [7, 11) is 0. The van der Waals surface area contributed by atoms with E-state index in [9.17, 15) is 19.1 Å². The minimum atomic E-state index is -0.854. The van der Waals surface area contributed by atoms with Gasteiger partial charge in [-0.1, -0.05) is 28.1 Å². The van der Waals surface area contributed by atoms with E-state index in [1.54, 1.807) is 24.3 Å². The number of ketones is 1. The number of aryl methyl sites for hydroxylation is 2. The first-order valence-electron chi connectivity index (χ1n) is 9.04. The topological polar surface area (TPSA) is 70.5 Å². The quantitative estimate of drug-likeness (QED) is 0.310. The number of halogens is 2. The Balaban J connectivity index is 1.94. The van der Waals surface area contributed by atoms with E-state index >= 15 is 0 Å². The zero-order valence-corrected chi connectivity index (χ0v) is 18.4.